The molecule has 6 rings (SSSR count). The van der Waals surface area contributed by atoms with Crippen LogP contribution in [0.2, 0.25) is 0 Å². The molecule has 0 aromatic rings. The maximum absolute atomic E-state index is 11.1. The molecule has 0 bridgehead atoms. The average molecular weight is 479 g/mol. The average Bonchev–Trinajstić information content (AvgIpc) is 2.84. The summed E-state index contributed by atoms with van der Waals surface area (Å²) in [6.07, 6.45) is 26.7. The van der Waals surface area contributed by atoms with Crippen molar-refractivity contribution in [3.05, 3.63) is 57.7 Å². The highest BCUT2D eigenvalue weighted by molar-refractivity contribution is 5.93. The molecule has 0 atom stereocenters. The number of ketones is 3. The largest absolute Gasteiger partial charge is 0.299 e. The molecule has 6 aliphatic rings. The lowest BCUT2D eigenvalue weighted by molar-refractivity contribution is -0.119. The van der Waals surface area contributed by atoms with Gasteiger partial charge in [0, 0.05) is 25.7 Å². The minimum Gasteiger partial charge on any atom is -0.299 e. The van der Waals surface area contributed by atoms with Gasteiger partial charge in [-0.2, -0.15) is 0 Å². The molecule has 0 heterocycles. The van der Waals surface area contributed by atoms with E-state index < -0.39 is 0 Å². The molecule has 35 heavy (non-hydrogen) atoms. The summed E-state index contributed by atoms with van der Waals surface area (Å²) in [6, 6.07) is 0. The molecule has 3 nitrogen and oxygen atoms in total. The Labute approximate surface area is 213 Å². The van der Waals surface area contributed by atoms with E-state index in [4.69, 9.17) is 0 Å². The second-order valence-electron chi connectivity index (χ2n) is 10.1. The number of allylic oxidation sites excluding steroid dienone is 10. The molecule has 3 heteroatoms. The standard InChI is InChI=1S/C10H14O.2C10H12O.2CH4/c3*11-10-6-5-8-3-1-2-4-9(8)7-10;;/h1-7H2;2*3,7H,1-2,4-6H2;2*1H4. The lowest BCUT2D eigenvalue weighted by atomic mass is 9.82. The fourth-order valence-corrected chi connectivity index (χ4v) is 5.79. The molecule has 192 valence electrons. The Hall–Kier alpha value is -2.29. The van der Waals surface area contributed by atoms with Crippen molar-refractivity contribution in [3.8, 4) is 0 Å². The van der Waals surface area contributed by atoms with Gasteiger partial charge in [-0.15, -0.1) is 0 Å². The molecule has 0 radical (unpaired) electrons. The molecule has 0 aromatic heterocycles. The van der Waals surface area contributed by atoms with Crippen molar-refractivity contribution in [2.45, 2.75) is 124 Å². The number of rotatable bonds is 0. The summed E-state index contributed by atoms with van der Waals surface area (Å²) >= 11 is 0. The van der Waals surface area contributed by atoms with Crippen molar-refractivity contribution in [2.24, 2.45) is 0 Å². The van der Waals surface area contributed by atoms with Crippen LogP contribution in [0.25, 0.3) is 0 Å². The maximum atomic E-state index is 11.1. The van der Waals surface area contributed by atoms with Crippen LogP contribution < -0.4 is 0 Å². The summed E-state index contributed by atoms with van der Waals surface area (Å²) in [5.74, 6) is 1.10. The SMILES string of the molecule is C.C.O=C1C=C2CCCC=C2CC1.O=C1C=C2CCCC=C2CC1.O=C1CCC2=C(CCCC2)C1. The van der Waals surface area contributed by atoms with Crippen LogP contribution in [0.15, 0.2) is 57.7 Å². The lowest BCUT2D eigenvalue weighted by Crippen LogP contribution is -2.12. The first-order valence-electron chi connectivity index (χ1n) is 13.2. The number of carbonyl (C=O) groups excluding carboxylic acids is 3. The van der Waals surface area contributed by atoms with Gasteiger partial charge in [0.15, 0.2) is 11.6 Å². The van der Waals surface area contributed by atoms with Crippen LogP contribution in [0.3, 0.4) is 0 Å². The van der Waals surface area contributed by atoms with Gasteiger partial charge in [-0.25, -0.2) is 0 Å². The highest BCUT2D eigenvalue weighted by Gasteiger charge is 2.20. The second kappa shape index (κ2) is 14.3. The van der Waals surface area contributed by atoms with Crippen LogP contribution in [-0.2, 0) is 14.4 Å². The molecule has 0 saturated carbocycles. The highest BCUT2D eigenvalue weighted by atomic mass is 16.1. The van der Waals surface area contributed by atoms with Gasteiger partial charge in [-0.1, -0.05) is 38.2 Å². The topological polar surface area (TPSA) is 51.2 Å². The van der Waals surface area contributed by atoms with E-state index in [1.807, 2.05) is 12.2 Å². The van der Waals surface area contributed by atoms with Gasteiger partial charge in [0.05, 0.1) is 0 Å². The molecule has 0 unspecified atom stereocenters. The fourth-order valence-electron chi connectivity index (χ4n) is 5.79. The van der Waals surface area contributed by atoms with Crippen molar-refractivity contribution < 1.29 is 14.4 Å². The van der Waals surface area contributed by atoms with Gasteiger partial charge in [-0.3, -0.25) is 14.4 Å². The molecule has 0 aliphatic heterocycles. The van der Waals surface area contributed by atoms with Crippen LogP contribution in [0.1, 0.15) is 124 Å². The smallest absolute Gasteiger partial charge is 0.156 e. The summed E-state index contributed by atoms with van der Waals surface area (Å²) in [6.45, 7) is 0. The third kappa shape index (κ3) is 8.40. The van der Waals surface area contributed by atoms with Crippen LogP contribution in [0.4, 0.5) is 0 Å². The van der Waals surface area contributed by atoms with Crippen LogP contribution >= 0.6 is 0 Å². The number of carbonyl (C=O) groups is 3. The predicted octanol–water partition coefficient (Wildman–Crippen LogP) is 8.65. The quantitative estimate of drug-likeness (QED) is 0.327. The Kier molecular flexibility index (Phi) is 11.8. The first-order valence-corrected chi connectivity index (χ1v) is 13.2. The minimum absolute atomic E-state index is 0. The van der Waals surface area contributed by atoms with Gasteiger partial charge in [-0.05, 0) is 118 Å². The van der Waals surface area contributed by atoms with Crippen molar-refractivity contribution in [2.75, 3.05) is 0 Å². The van der Waals surface area contributed by atoms with Crippen LogP contribution in [-0.4, -0.2) is 17.3 Å². The van der Waals surface area contributed by atoms with Gasteiger partial charge in [0.25, 0.3) is 0 Å². The first kappa shape index (κ1) is 28.9. The van der Waals surface area contributed by atoms with Crippen molar-refractivity contribution in [3.63, 3.8) is 0 Å². The van der Waals surface area contributed by atoms with E-state index in [0.29, 0.717) is 17.3 Å². The molecular formula is C32H46O3. The zero-order valence-electron chi connectivity index (χ0n) is 20.1. The Balaban J connectivity index is 0.000000180. The lowest BCUT2D eigenvalue weighted by Gasteiger charge is -2.23. The molecule has 0 fully saturated rings. The summed E-state index contributed by atoms with van der Waals surface area (Å²) in [5, 5.41) is 0. The summed E-state index contributed by atoms with van der Waals surface area (Å²) in [7, 11) is 0. The highest BCUT2D eigenvalue weighted by Crippen LogP contribution is 2.34. The van der Waals surface area contributed by atoms with Crippen LogP contribution in [0.5, 0.6) is 0 Å². The third-order valence-electron chi connectivity index (χ3n) is 7.68. The number of hydrogen-bond acceptors (Lipinski definition) is 3. The van der Waals surface area contributed by atoms with Gasteiger partial charge >= 0.3 is 0 Å². The zero-order valence-corrected chi connectivity index (χ0v) is 20.1. The van der Waals surface area contributed by atoms with Gasteiger partial charge in [0.2, 0.25) is 0 Å². The number of hydrogen-bond donors (Lipinski definition) is 0. The fraction of sp³-hybridized carbons (Fsp3) is 0.594. The first-order chi connectivity index (χ1) is 16.1. The van der Waals surface area contributed by atoms with E-state index in [0.717, 1.165) is 57.8 Å². The summed E-state index contributed by atoms with van der Waals surface area (Å²) in [5.41, 5.74) is 8.62. The Morgan fingerprint density at radius 2 is 0.971 bits per heavy atom. The minimum atomic E-state index is 0. The Morgan fingerprint density at radius 1 is 0.457 bits per heavy atom. The second-order valence-corrected chi connectivity index (χ2v) is 10.1. The van der Waals surface area contributed by atoms with Crippen molar-refractivity contribution in [1.82, 2.24) is 0 Å². The molecule has 0 amide bonds. The number of fused-ring (bicyclic) bond motifs is 2. The molecule has 6 aliphatic carbocycles. The summed E-state index contributed by atoms with van der Waals surface area (Å²) in [4.78, 5) is 33.1. The molecule has 0 N–H and O–H groups in total. The predicted molar refractivity (Wildman–Crippen MR) is 146 cm³/mol. The van der Waals surface area contributed by atoms with Crippen LogP contribution in [0, 0.1) is 0 Å². The summed E-state index contributed by atoms with van der Waals surface area (Å²) < 4.78 is 0. The number of Topliss-reactive ketones (excluding diaryl/α,β-unsaturated/α-hetero) is 1. The van der Waals surface area contributed by atoms with E-state index >= 15 is 0 Å². The third-order valence-corrected chi connectivity index (χ3v) is 7.68. The molecule has 0 saturated heterocycles. The van der Waals surface area contributed by atoms with Gasteiger partial charge in [0.1, 0.15) is 5.78 Å². The van der Waals surface area contributed by atoms with Crippen molar-refractivity contribution >= 4 is 17.3 Å². The van der Waals surface area contributed by atoms with Crippen molar-refractivity contribution in [1.29, 1.82) is 0 Å². The van der Waals surface area contributed by atoms with E-state index in [1.54, 1.807) is 5.57 Å². The molecular weight excluding hydrogens is 432 g/mol. The maximum Gasteiger partial charge on any atom is 0.156 e. The van der Waals surface area contributed by atoms with E-state index in [1.165, 1.54) is 79.2 Å². The molecule has 0 aromatic carbocycles. The molecule has 0 spiro atoms. The van der Waals surface area contributed by atoms with Gasteiger partial charge < -0.3 is 0 Å². The normalized spacial score (nSPS) is 22.9. The Morgan fingerprint density at radius 3 is 1.51 bits per heavy atom. The van der Waals surface area contributed by atoms with E-state index in [9.17, 15) is 14.4 Å². The van der Waals surface area contributed by atoms with E-state index in [-0.39, 0.29) is 14.9 Å². The Bertz CT molecular complexity index is 897. The zero-order chi connectivity index (χ0) is 23.0. The van der Waals surface area contributed by atoms with E-state index in [2.05, 4.69) is 12.2 Å². The monoisotopic (exact) mass is 478 g/mol.